The minimum Gasteiger partial charge on any atom is -0.383 e. The van der Waals surface area contributed by atoms with Crippen molar-refractivity contribution in [2.45, 2.75) is 25.5 Å². The molecule has 3 heterocycles. The second kappa shape index (κ2) is 8.53. The normalized spacial score (nSPS) is 16.1. The van der Waals surface area contributed by atoms with Gasteiger partial charge >= 0.3 is 0 Å². The van der Waals surface area contributed by atoms with Crippen molar-refractivity contribution in [3.05, 3.63) is 65.2 Å². The Morgan fingerprint density at radius 3 is 2.68 bits per heavy atom. The first-order valence-electron chi connectivity index (χ1n) is 10.4. The minimum absolute atomic E-state index is 0.170. The zero-order valence-corrected chi connectivity index (χ0v) is 17.7. The summed E-state index contributed by atoms with van der Waals surface area (Å²) < 4.78 is 7.47. The van der Waals surface area contributed by atoms with E-state index in [1.807, 2.05) is 54.6 Å². The molecule has 2 aromatic carbocycles. The monoisotopic (exact) mass is 434 g/mol. The molecule has 5 rings (SSSR count). The number of benzene rings is 2. The van der Waals surface area contributed by atoms with Gasteiger partial charge in [0.05, 0.1) is 23.7 Å². The number of halogens is 1. The van der Waals surface area contributed by atoms with Crippen molar-refractivity contribution in [3.8, 4) is 11.3 Å². The summed E-state index contributed by atoms with van der Waals surface area (Å²) in [6, 6.07) is 17.7. The highest BCUT2D eigenvalue weighted by molar-refractivity contribution is 6.33. The van der Waals surface area contributed by atoms with Crippen molar-refractivity contribution in [3.63, 3.8) is 0 Å². The molecule has 8 heteroatoms. The fourth-order valence-corrected chi connectivity index (χ4v) is 4.09. The molecule has 0 saturated carbocycles. The molecule has 7 nitrogen and oxygen atoms in total. The summed E-state index contributed by atoms with van der Waals surface area (Å²) in [6.45, 7) is 1.99. The number of anilines is 2. The molecule has 0 radical (unpaired) electrons. The maximum Gasteiger partial charge on any atom is 0.225 e. The lowest BCUT2D eigenvalue weighted by Gasteiger charge is -2.12. The molecule has 0 spiro atoms. The summed E-state index contributed by atoms with van der Waals surface area (Å²) in [7, 11) is 0. The van der Waals surface area contributed by atoms with Gasteiger partial charge in [-0.3, -0.25) is 0 Å². The Morgan fingerprint density at radius 2 is 1.90 bits per heavy atom. The van der Waals surface area contributed by atoms with E-state index in [2.05, 4.69) is 10.3 Å². The molecule has 3 N–H and O–H groups in total. The fourth-order valence-electron chi connectivity index (χ4n) is 3.87. The van der Waals surface area contributed by atoms with Gasteiger partial charge < -0.3 is 15.8 Å². The molecular weight excluding hydrogens is 412 g/mol. The van der Waals surface area contributed by atoms with Crippen LogP contribution in [0.3, 0.4) is 0 Å². The van der Waals surface area contributed by atoms with Gasteiger partial charge in [0.15, 0.2) is 5.65 Å². The molecule has 1 fully saturated rings. The van der Waals surface area contributed by atoms with E-state index in [0.717, 1.165) is 30.6 Å². The number of nitrogen functional groups attached to an aromatic ring is 1. The largest absolute Gasteiger partial charge is 0.383 e. The number of hydrogen-bond donors (Lipinski definition) is 2. The van der Waals surface area contributed by atoms with Gasteiger partial charge in [-0.15, -0.1) is 5.10 Å². The maximum atomic E-state index is 6.54. The van der Waals surface area contributed by atoms with Crippen molar-refractivity contribution in [2.24, 2.45) is 0 Å². The smallest absolute Gasteiger partial charge is 0.225 e. The zero-order chi connectivity index (χ0) is 21.2. The van der Waals surface area contributed by atoms with E-state index in [4.69, 9.17) is 32.2 Å². The first-order valence-corrected chi connectivity index (χ1v) is 10.7. The van der Waals surface area contributed by atoms with Crippen LogP contribution >= 0.6 is 11.6 Å². The van der Waals surface area contributed by atoms with Crippen LogP contribution in [0.1, 0.15) is 18.4 Å². The number of ether oxygens (including phenoxy) is 1. The molecule has 0 amide bonds. The number of nitrogens with one attached hydrogen (secondary N) is 1. The summed E-state index contributed by atoms with van der Waals surface area (Å²) in [6.07, 6.45) is 2.28. The molecule has 1 aliphatic rings. The van der Waals surface area contributed by atoms with E-state index in [9.17, 15) is 0 Å². The Morgan fingerprint density at radius 1 is 1.10 bits per heavy atom. The lowest BCUT2D eigenvalue weighted by Crippen LogP contribution is -2.19. The van der Waals surface area contributed by atoms with Gasteiger partial charge in [0.1, 0.15) is 5.82 Å². The third kappa shape index (κ3) is 4.06. The summed E-state index contributed by atoms with van der Waals surface area (Å²) in [5.41, 5.74) is 9.64. The molecule has 158 valence electrons. The topological polar surface area (TPSA) is 90.9 Å². The Hall–Kier alpha value is -3.16. The molecule has 1 aliphatic heterocycles. The van der Waals surface area contributed by atoms with Gasteiger partial charge in [-0.05, 0) is 24.5 Å². The highest BCUT2D eigenvalue weighted by Gasteiger charge is 2.21. The lowest BCUT2D eigenvalue weighted by molar-refractivity contribution is 0.120. The number of hydrogen-bond acceptors (Lipinski definition) is 6. The molecule has 31 heavy (non-hydrogen) atoms. The van der Waals surface area contributed by atoms with Crippen molar-refractivity contribution in [2.75, 3.05) is 24.2 Å². The summed E-state index contributed by atoms with van der Waals surface area (Å²) in [5, 5.41) is 9.30. The van der Waals surface area contributed by atoms with Crippen LogP contribution in [0.5, 0.6) is 0 Å². The highest BCUT2D eigenvalue weighted by atomic mass is 35.5. The second-order valence-corrected chi connectivity index (χ2v) is 8.03. The van der Waals surface area contributed by atoms with E-state index < -0.39 is 0 Å². The first-order chi connectivity index (χ1) is 15.2. The maximum absolute atomic E-state index is 6.54. The van der Waals surface area contributed by atoms with Crippen molar-refractivity contribution < 1.29 is 4.74 Å². The third-order valence-electron chi connectivity index (χ3n) is 5.46. The molecule has 1 atom stereocenters. The van der Waals surface area contributed by atoms with Gasteiger partial charge in [-0.1, -0.05) is 60.1 Å². The van der Waals surface area contributed by atoms with Gasteiger partial charge in [-0.25, -0.2) is 9.67 Å². The average molecular weight is 435 g/mol. The molecule has 0 unspecified atom stereocenters. The van der Waals surface area contributed by atoms with Crippen LogP contribution in [-0.2, 0) is 11.3 Å². The molecule has 0 aliphatic carbocycles. The van der Waals surface area contributed by atoms with E-state index in [1.165, 1.54) is 0 Å². The van der Waals surface area contributed by atoms with E-state index in [0.29, 0.717) is 46.6 Å². The Labute approximate surface area is 185 Å². The Balaban J connectivity index is 1.59. The van der Waals surface area contributed by atoms with Gasteiger partial charge in [0.2, 0.25) is 5.95 Å². The standard InChI is InChI=1S/C23H23ClN6O/c24-18-11-5-4-10-17(18)20-19-21(25)30(14-15-7-2-1-3-8-15)29-22(19)28-23(27-20)26-13-16-9-6-12-31-16/h1-5,7-8,10-11,16H,6,9,12-14,25H2,(H,26,28,29)/t16-/m1/s1. The molecule has 1 saturated heterocycles. The van der Waals surface area contributed by atoms with Crippen molar-refractivity contribution in [1.82, 2.24) is 19.7 Å². The van der Waals surface area contributed by atoms with Crippen LogP contribution in [0, 0.1) is 0 Å². The van der Waals surface area contributed by atoms with E-state index in [-0.39, 0.29) is 6.10 Å². The molecule has 4 aromatic rings. The van der Waals surface area contributed by atoms with Crippen molar-refractivity contribution in [1.29, 1.82) is 0 Å². The number of fused-ring (bicyclic) bond motifs is 1. The van der Waals surface area contributed by atoms with Gasteiger partial charge in [0.25, 0.3) is 0 Å². The quantitative estimate of drug-likeness (QED) is 0.468. The predicted molar refractivity (Wildman–Crippen MR) is 123 cm³/mol. The third-order valence-corrected chi connectivity index (χ3v) is 5.79. The SMILES string of the molecule is Nc1c2c(-c3ccccc3Cl)nc(NC[C@H]3CCCO3)nc2nn1Cc1ccccc1. The average Bonchev–Trinajstić information content (AvgIpc) is 3.41. The van der Waals surface area contributed by atoms with Crippen LogP contribution in [0.4, 0.5) is 11.8 Å². The van der Waals surface area contributed by atoms with Crippen molar-refractivity contribution >= 4 is 34.4 Å². The van der Waals surface area contributed by atoms with Crippen LogP contribution in [0.25, 0.3) is 22.3 Å². The Kier molecular flexibility index (Phi) is 5.44. The highest BCUT2D eigenvalue weighted by Crippen LogP contribution is 2.35. The summed E-state index contributed by atoms with van der Waals surface area (Å²) in [5.74, 6) is 1.00. The number of rotatable bonds is 6. The van der Waals surface area contributed by atoms with Gasteiger partial charge in [0, 0.05) is 23.7 Å². The second-order valence-electron chi connectivity index (χ2n) is 7.62. The number of aromatic nitrogens is 4. The summed E-state index contributed by atoms with van der Waals surface area (Å²) in [4.78, 5) is 9.42. The zero-order valence-electron chi connectivity index (χ0n) is 17.0. The van der Waals surface area contributed by atoms with Crippen LogP contribution in [0.15, 0.2) is 54.6 Å². The predicted octanol–water partition coefficient (Wildman–Crippen LogP) is 4.37. The molecule has 2 aromatic heterocycles. The Bertz CT molecular complexity index is 1200. The molecule has 0 bridgehead atoms. The first kappa shape index (κ1) is 19.8. The van der Waals surface area contributed by atoms with E-state index >= 15 is 0 Å². The lowest BCUT2D eigenvalue weighted by atomic mass is 10.1. The van der Waals surface area contributed by atoms with Crippen LogP contribution in [0.2, 0.25) is 5.02 Å². The summed E-state index contributed by atoms with van der Waals surface area (Å²) >= 11 is 6.51. The van der Waals surface area contributed by atoms with Crippen LogP contribution < -0.4 is 11.1 Å². The number of nitrogens with zero attached hydrogens (tertiary/aromatic N) is 4. The fraction of sp³-hybridized carbons (Fsp3) is 0.261. The number of nitrogens with two attached hydrogens (primary N) is 1. The van der Waals surface area contributed by atoms with Crippen LogP contribution in [-0.4, -0.2) is 39.0 Å². The molecular formula is C23H23ClN6O. The van der Waals surface area contributed by atoms with E-state index in [1.54, 1.807) is 4.68 Å². The van der Waals surface area contributed by atoms with Gasteiger partial charge in [-0.2, -0.15) is 4.98 Å². The minimum atomic E-state index is 0.170.